The molecular weight excluding hydrogens is 262 g/mol. The minimum Gasteiger partial charge on any atom is -0.454 e. The first-order valence-electron chi connectivity index (χ1n) is 7.63. The summed E-state index contributed by atoms with van der Waals surface area (Å²) in [7, 11) is 0. The third kappa shape index (κ3) is 2.36. The summed E-state index contributed by atoms with van der Waals surface area (Å²) in [5.74, 6) is 0.896. The van der Waals surface area contributed by atoms with Gasteiger partial charge in [0.25, 0.3) is 0 Å². The zero-order valence-electron chi connectivity index (χ0n) is 12.1. The Labute approximate surface area is 123 Å². The highest BCUT2D eigenvalue weighted by molar-refractivity contribution is 5.87. The molecule has 1 aromatic carbocycles. The molecule has 1 aliphatic rings. The van der Waals surface area contributed by atoms with Crippen molar-refractivity contribution in [3.8, 4) is 11.5 Å². The van der Waals surface area contributed by atoms with Crippen molar-refractivity contribution < 1.29 is 4.42 Å². The van der Waals surface area contributed by atoms with Gasteiger partial charge in [-0.15, -0.1) is 0 Å². The fourth-order valence-corrected chi connectivity index (χ4v) is 2.77. The molecule has 2 N–H and O–H groups in total. The van der Waals surface area contributed by atoms with Crippen molar-refractivity contribution in [2.75, 3.05) is 0 Å². The Balaban J connectivity index is 1.68. The number of furan rings is 1. The van der Waals surface area contributed by atoms with Gasteiger partial charge in [-0.2, -0.15) is 5.10 Å². The molecule has 0 atom stereocenters. The highest BCUT2D eigenvalue weighted by atomic mass is 16.3. The van der Waals surface area contributed by atoms with Gasteiger partial charge in [0.05, 0.1) is 0 Å². The van der Waals surface area contributed by atoms with Gasteiger partial charge < -0.3 is 9.73 Å². The molecule has 108 valence electrons. The fourth-order valence-electron chi connectivity index (χ4n) is 2.77. The number of nitrogens with one attached hydrogen (secondary N) is 2. The molecule has 1 aliphatic carbocycles. The van der Waals surface area contributed by atoms with E-state index in [9.17, 15) is 0 Å². The van der Waals surface area contributed by atoms with E-state index in [2.05, 4.69) is 40.6 Å². The van der Waals surface area contributed by atoms with Gasteiger partial charge in [-0.1, -0.05) is 25.1 Å². The van der Waals surface area contributed by atoms with Gasteiger partial charge in [0, 0.05) is 29.2 Å². The number of fused-ring (bicyclic) bond motifs is 1. The number of rotatable bonds is 5. The Bertz CT molecular complexity index is 767. The molecule has 0 radical (unpaired) electrons. The van der Waals surface area contributed by atoms with Crippen LogP contribution in [0.4, 0.5) is 0 Å². The second-order valence-corrected chi connectivity index (χ2v) is 5.69. The molecule has 0 spiro atoms. The lowest BCUT2D eigenvalue weighted by molar-refractivity contribution is 0.624. The van der Waals surface area contributed by atoms with Gasteiger partial charge in [-0.25, -0.2) is 0 Å². The average Bonchev–Trinajstić information content (AvgIpc) is 3.10. The Kier molecular flexibility index (Phi) is 3.04. The lowest BCUT2D eigenvalue weighted by atomic mass is 10.1. The van der Waals surface area contributed by atoms with Crippen LogP contribution in [0.5, 0.6) is 0 Å². The van der Waals surface area contributed by atoms with E-state index in [1.807, 2.05) is 12.1 Å². The summed E-state index contributed by atoms with van der Waals surface area (Å²) >= 11 is 0. The normalized spacial score (nSPS) is 14.9. The van der Waals surface area contributed by atoms with Crippen LogP contribution < -0.4 is 5.32 Å². The van der Waals surface area contributed by atoms with Gasteiger partial charge in [-0.05, 0) is 31.4 Å². The molecule has 3 aromatic rings. The van der Waals surface area contributed by atoms with Crippen LogP contribution in [0.25, 0.3) is 22.4 Å². The monoisotopic (exact) mass is 281 g/mol. The molecule has 4 nitrogen and oxygen atoms in total. The lowest BCUT2D eigenvalue weighted by Gasteiger charge is -1.97. The van der Waals surface area contributed by atoms with Gasteiger partial charge in [0.2, 0.25) is 0 Å². The first-order chi connectivity index (χ1) is 10.3. The number of aromatic nitrogens is 2. The maximum absolute atomic E-state index is 6.02. The molecule has 1 fully saturated rings. The second kappa shape index (κ2) is 5.04. The van der Waals surface area contributed by atoms with Gasteiger partial charge >= 0.3 is 0 Å². The van der Waals surface area contributed by atoms with E-state index >= 15 is 0 Å². The van der Waals surface area contributed by atoms with E-state index in [0.717, 1.165) is 35.7 Å². The van der Waals surface area contributed by atoms with Crippen molar-refractivity contribution >= 4 is 11.0 Å². The average molecular weight is 281 g/mol. The van der Waals surface area contributed by atoms with Crippen molar-refractivity contribution in [2.45, 2.75) is 38.8 Å². The van der Waals surface area contributed by atoms with E-state index in [1.165, 1.54) is 23.8 Å². The van der Waals surface area contributed by atoms with E-state index in [-0.39, 0.29) is 0 Å². The van der Waals surface area contributed by atoms with Crippen LogP contribution in [0.3, 0.4) is 0 Å². The van der Waals surface area contributed by atoms with Crippen LogP contribution in [0.15, 0.2) is 34.7 Å². The molecule has 2 heterocycles. The number of benzene rings is 1. The minimum absolute atomic E-state index is 0.703. The molecule has 2 aromatic heterocycles. The number of para-hydroxylation sites is 1. The van der Waals surface area contributed by atoms with E-state index in [0.29, 0.717) is 6.04 Å². The van der Waals surface area contributed by atoms with Crippen molar-refractivity contribution in [3.63, 3.8) is 0 Å². The summed E-state index contributed by atoms with van der Waals surface area (Å²) in [5.41, 5.74) is 4.18. The molecule has 4 heteroatoms. The minimum atomic E-state index is 0.703. The number of hydrogen-bond donors (Lipinski definition) is 2. The summed E-state index contributed by atoms with van der Waals surface area (Å²) in [4.78, 5) is 0. The van der Waals surface area contributed by atoms with Crippen molar-refractivity contribution in [1.29, 1.82) is 0 Å². The van der Waals surface area contributed by atoms with Gasteiger partial charge in [0.1, 0.15) is 11.3 Å². The molecule has 0 aliphatic heterocycles. The maximum Gasteiger partial charge on any atom is 0.158 e. The fraction of sp³-hybridized carbons (Fsp3) is 0.353. The number of nitrogens with zero attached hydrogens (tertiary/aromatic N) is 1. The molecule has 1 saturated carbocycles. The summed E-state index contributed by atoms with van der Waals surface area (Å²) < 4.78 is 6.02. The Morgan fingerprint density at radius 2 is 2.19 bits per heavy atom. The molecule has 0 unspecified atom stereocenters. The number of aromatic amines is 1. The van der Waals surface area contributed by atoms with Crippen molar-refractivity contribution in [3.05, 3.63) is 41.6 Å². The third-order valence-electron chi connectivity index (χ3n) is 4.07. The zero-order chi connectivity index (χ0) is 14.2. The molecule has 0 amide bonds. The topological polar surface area (TPSA) is 53.9 Å². The molecule has 21 heavy (non-hydrogen) atoms. The van der Waals surface area contributed by atoms with Crippen LogP contribution in [0, 0.1) is 0 Å². The van der Waals surface area contributed by atoms with Gasteiger partial charge in [0.15, 0.2) is 5.76 Å². The van der Waals surface area contributed by atoms with E-state index < -0.39 is 0 Å². The Hall–Kier alpha value is -2.07. The highest BCUT2D eigenvalue weighted by Crippen LogP contribution is 2.33. The largest absolute Gasteiger partial charge is 0.454 e. The van der Waals surface area contributed by atoms with Crippen LogP contribution in [0.1, 0.15) is 31.0 Å². The quantitative estimate of drug-likeness (QED) is 0.750. The van der Waals surface area contributed by atoms with Crippen molar-refractivity contribution in [1.82, 2.24) is 15.5 Å². The first kappa shape index (κ1) is 12.7. The smallest absolute Gasteiger partial charge is 0.158 e. The highest BCUT2D eigenvalue weighted by Gasteiger charge is 2.21. The predicted octanol–water partition coefficient (Wildman–Crippen LogP) is 3.64. The first-order valence-corrected chi connectivity index (χ1v) is 7.63. The Morgan fingerprint density at radius 1 is 1.33 bits per heavy atom. The van der Waals surface area contributed by atoms with Gasteiger partial charge in [-0.3, -0.25) is 5.10 Å². The zero-order valence-corrected chi connectivity index (χ0v) is 12.1. The molecule has 0 bridgehead atoms. The lowest BCUT2D eigenvalue weighted by Crippen LogP contribution is -2.15. The molecular formula is C17H19N3O. The molecule has 4 rings (SSSR count). The number of aryl methyl sites for hydroxylation is 1. The van der Waals surface area contributed by atoms with Crippen LogP contribution in [-0.4, -0.2) is 16.2 Å². The van der Waals surface area contributed by atoms with Crippen LogP contribution in [0.2, 0.25) is 0 Å². The third-order valence-corrected chi connectivity index (χ3v) is 4.07. The second-order valence-electron chi connectivity index (χ2n) is 5.69. The van der Waals surface area contributed by atoms with Crippen LogP contribution in [-0.2, 0) is 13.0 Å². The summed E-state index contributed by atoms with van der Waals surface area (Å²) in [5, 5.41) is 12.2. The standard InChI is InChI=1S/C17H19N3O/c1-2-13-14-5-3-4-6-16(14)21-17(13)15-9-12(19-20-15)10-18-11-7-8-11/h3-6,9,11,18H,2,7-8,10H2,1H3,(H,19,20). The van der Waals surface area contributed by atoms with Crippen LogP contribution >= 0.6 is 0 Å². The molecule has 0 saturated heterocycles. The number of H-pyrrole nitrogens is 1. The summed E-state index contributed by atoms with van der Waals surface area (Å²) in [6.45, 7) is 3.00. The summed E-state index contributed by atoms with van der Waals surface area (Å²) in [6, 6.07) is 11.0. The number of hydrogen-bond acceptors (Lipinski definition) is 3. The van der Waals surface area contributed by atoms with E-state index in [4.69, 9.17) is 4.42 Å². The van der Waals surface area contributed by atoms with Crippen molar-refractivity contribution in [2.24, 2.45) is 0 Å². The SMILES string of the molecule is CCc1c(-c2cc(CNC3CC3)[nH]n2)oc2ccccc12. The predicted molar refractivity (Wildman–Crippen MR) is 83.0 cm³/mol. The Morgan fingerprint density at radius 3 is 3.00 bits per heavy atom. The summed E-state index contributed by atoms with van der Waals surface area (Å²) in [6.07, 6.45) is 3.53. The van der Waals surface area contributed by atoms with E-state index in [1.54, 1.807) is 0 Å². The maximum atomic E-state index is 6.02.